The van der Waals surface area contributed by atoms with Gasteiger partial charge in [0.05, 0.1) is 17.3 Å². The van der Waals surface area contributed by atoms with E-state index in [1.54, 1.807) is 12.1 Å². The number of pyridine rings is 1. The predicted molar refractivity (Wildman–Crippen MR) is 147 cm³/mol. The Morgan fingerprint density at radius 1 is 0.838 bits per heavy atom. The summed E-state index contributed by atoms with van der Waals surface area (Å²) < 4.78 is 0. The highest BCUT2D eigenvalue weighted by atomic mass is 16.3. The van der Waals surface area contributed by atoms with Gasteiger partial charge in [0.15, 0.2) is 11.6 Å². The molecule has 0 aliphatic heterocycles. The lowest BCUT2D eigenvalue weighted by molar-refractivity contribution is -0.119. The number of hydrogen-bond donors (Lipinski definition) is 1. The minimum atomic E-state index is -0.446. The van der Waals surface area contributed by atoms with Crippen molar-refractivity contribution in [3.63, 3.8) is 0 Å². The van der Waals surface area contributed by atoms with E-state index in [2.05, 4.69) is 0 Å². The number of benzene rings is 3. The Morgan fingerprint density at radius 2 is 1.49 bits per heavy atom. The summed E-state index contributed by atoms with van der Waals surface area (Å²) in [6, 6.07) is 22.7. The van der Waals surface area contributed by atoms with Crippen LogP contribution in [0.2, 0.25) is 0 Å². The summed E-state index contributed by atoms with van der Waals surface area (Å²) in [5, 5.41) is 10.7. The molecular formula is C32H31NO4. The van der Waals surface area contributed by atoms with Crippen LogP contribution in [0.15, 0.2) is 72.8 Å². The van der Waals surface area contributed by atoms with Gasteiger partial charge in [-0.05, 0) is 68.1 Å². The van der Waals surface area contributed by atoms with Gasteiger partial charge in [0, 0.05) is 40.5 Å². The first-order chi connectivity index (χ1) is 17.7. The highest BCUT2D eigenvalue weighted by molar-refractivity contribution is 5.99. The van der Waals surface area contributed by atoms with Crippen molar-refractivity contribution in [2.75, 3.05) is 0 Å². The van der Waals surface area contributed by atoms with Gasteiger partial charge in [0.25, 0.3) is 0 Å². The van der Waals surface area contributed by atoms with Crippen LogP contribution < -0.4 is 0 Å². The molecule has 3 aromatic carbocycles. The minimum absolute atomic E-state index is 0.0234. The molecule has 1 heterocycles. The Kier molecular flexibility index (Phi) is 8.04. The first kappa shape index (κ1) is 26.1. The summed E-state index contributed by atoms with van der Waals surface area (Å²) in [5.74, 6) is 0.0418. The van der Waals surface area contributed by atoms with Crippen molar-refractivity contribution in [1.29, 1.82) is 0 Å². The molecule has 1 unspecified atom stereocenters. The number of fused-ring (bicyclic) bond motifs is 1. The van der Waals surface area contributed by atoms with Crippen molar-refractivity contribution >= 4 is 28.3 Å². The van der Waals surface area contributed by atoms with Gasteiger partial charge < -0.3 is 5.11 Å². The van der Waals surface area contributed by atoms with Crippen LogP contribution >= 0.6 is 0 Å². The number of carbonyl (C=O) groups is 3. The average molecular weight is 494 g/mol. The van der Waals surface area contributed by atoms with Gasteiger partial charge in [-0.15, -0.1) is 0 Å². The fourth-order valence-corrected chi connectivity index (χ4v) is 4.41. The standard InChI is InChI=1S/C32H31NO4/c1-4-28(36)12-13-29(37)16-22-11-14-31-27(15-22)19-30(25-9-5-7-23(17-25)20(2)34)32(33-31)26-10-6-8-24(18-26)21(3)35/h5-11,14-15,17-19,28,36H,4,12-13,16H2,1-3H3. The maximum atomic E-state index is 12.5. The fourth-order valence-electron chi connectivity index (χ4n) is 4.41. The zero-order valence-corrected chi connectivity index (χ0v) is 21.5. The first-order valence-electron chi connectivity index (χ1n) is 12.6. The number of carbonyl (C=O) groups excluding carboxylic acids is 3. The molecular weight excluding hydrogens is 462 g/mol. The van der Waals surface area contributed by atoms with Crippen LogP contribution in [0.1, 0.15) is 66.3 Å². The van der Waals surface area contributed by atoms with Gasteiger partial charge >= 0.3 is 0 Å². The number of aliphatic hydroxyl groups is 1. The van der Waals surface area contributed by atoms with E-state index < -0.39 is 6.10 Å². The van der Waals surface area contributed by atoms with Gasteiger partial charge in [-0.1, -0.05) is 49.4 Å². The van der Waals surface area contributed by atoms with E-state index in [1.165, 1.54) is 13.8 Å². The largest absolute Gasteiger partial charge is 0.393 e. The Balaban J connectivity index is 1.81. The molecule has 1 aromatic heterocycles. The molecule has 5 heteroatoms. The van der Waals surface area contributed by atoms with Gasteiger partial charge in [0.2, 0.25) is 0 Å². The lowest BCUT2D eigenvalue weighted by Crippen LogP contribution is -2.10. The summed E-state index contributed by atoms with van der Waals surface area (Å²) >= 11 is 0. The van der Waals surface area contributed by atoms with E-state index in [4.69, 9.17) is 4.98 Å². The fraction of sp³-hybridized carbons (Fsp3) is 0.250. The SMILES string of the molecule is CCC(O)CCC(=O)Cc1ccc2nc(-c3cccc(C(C)=O)c3)c(-c3cccc(C(C)=O)c3)cc2c1. The molecule has 1 atom stereocenters. The van der Waals surface area contributed by atoms with Crippen molar-refractivity contribution in [2.45, 2.75) is 52.6 Å². The molecule has 188 valence electrons. The third-order valence-electron chi connectivity index (χ3n) is 6.63. The topological polar surface area (TPSA) is 84.3 Å². The highest BCUT2D eigenvalue weighted by Gasteiger charge is 2.15. The van der Waals surface area contributed by atoms with E-state index in [9.17, 15) is 19.5 Å². The second kappa shape index (κ2) is 11.4. The smallest absolute Gasteiger partial charge is 0.159 e. The van der Waals surface area contributed by atoms with E-state index in [-0.39, 0.29) is 17.3 Å². The first-order valence-corrected chi connectivity index (χ1v) is 12.6. The molecule has 37 heavy (non-hydrogen) atoms. The normalized spacial score (nSPS) is 11.9. The Bertz CT molecular complexity index is 1490. The number of nitrogens with zero attached hydrogens (tertiary/aromatic N) is 1. The van der Waals surface area contributed by atoms with E-state index in [0.29, 0.717) is 42.5 Å². The highest BCUT2D eigenvalue weighted by Crippen LogP contribution is 2.34. The molecule has 0 spiro atoms. The Labute approximate surface area is 217 Å². The summed E-state index contributed by atoms with van der Waals surface area (Å²) in [6.07, 6.45) is 1.31. The van der Waals surface area contributed by atoms with Crippen LogP contribution in [0.25, 0.3) is 33.3 Å². The summed E-state index contributed by atoms with van der Waals surface area (Å²) in [7, 11) is 0. The van der Waals surface area contributed by atoms with Crippen LogP contribution in [-0.4, -0.2) is 33.5 Å². The third kappa shape index (κ3) is 6.25. The lowest BCUT2D eigenvalue weighted by atomic mass is 9.94. The summed E-state index contributed by atoms with van der Waals surface area (Å²) in [6.45, 7) is 4.98. The van der Waals surface area contributed by atoms with Crippen LogP contribution in [0.3, 0.4) is 0 Å². The van der Waals surface area contributed by atoms with Gasteiger partial charge in [-0.2, -0.15) is 0 Å². The molecule has 0 aliphatic carbocycles. The molecule has 1 N–H and O–H groups in total. The summed E-state index contributed by atoms with van der Waals surface area (Å²) in [5.41, 5.74) is 6.08. The number of ketones is 3. The molecule has 5 nitrogen and oxygen atoms in total. The third-order valence-corrected chi connectivity index (χ3v) is 6.63. The van der Waals surface area contributed by atoms with Gasteiger partial charge in [0.1, 0.15) is 5.78 Å². The van der Waals surface area contributed by atoms with E-state index in [0.717, 1.165) is 33.2 Å². The van der Waals surface area contributed by atoms with Crippen LogP contribution in [-0.2, 0) is 11.2 Å². The number of rotatable bonds is 10. The van der Waals surface area contributed by atoms with E-state index >= 15 is 0 Å². The Hall–Kier alpha value is -3.96. The molecule has 0 fully saturated rings. The van der Waals surface area contributed by atoms with E-state index in [1.807, 2.05) is 67.6 Å². The zero-order chi connectivity index (χ0) is 26.5. The quantitative estimate of drug-likeness (QED) is 0.250. The number of Topliss-reactive ketones (excluding diaryl/α,β-unsaturated/α-hetero) is 3. The van der Waals surface area contributed by atoms with Crippen molar-refractivity contribution in [1.82, 2.24) is 4.98 Å². The number of aromatic nitrogens is 1. The van der Waals surface area contributed by atoms with Crippen molar-refractivity contribution in [3.8, 4) is 22.4 Å². The Morgan fingerprint density at radius 3 is 2.14 bits per heavy atom. The van der Waals surface area contributed by atoms with Gasteiger partial charge in [-0.3, -0.25) is 14.4 Å². The maximum Gasteiger partial charge on any atom is 0.159 e. The maximum absolute atomic E-state index is 12.5. The molecule has 0 radical (unpaired) electrons. The second-order valence-corrected chi connectivity index (χ2v) is 9.50. The van der Waals surface area contributed by atoms with Crippen LogP contribution in [0, 0.1) is 0 Å². The predicted octanol–water partition coefficient (Wildman–Crippen LogP) is 6.64. The lowest BCUT2D eigenvalue weighted by Gasteiger charge is -2.14. The summed E-state index contributed by atoms with van der Waals surface area (Å²) in [4.78, 5) is 41.6. The molecule has 0 saturated heterocycles. The van der Waals surface area contributed by atoms with Crippen molar-refractivity contribution in [2.24, 2.45) is 0 Å². The molecule has 4 rings (SSSR count). The van der Waals surface area contributed by atoms with Crippen LogP contribution in [0.5, 0.6) is 0 Å². The van der Waals surface area contributed by atoms with Crippen molar-refractivity contribution < 1.29 is 19.5 Å². The second-order valence-electron chi connectivity index (χ2n) is 9.50. The van der Waals surface area contributed by atoms with Gasteiger partial charge in [-0.25, -0.2) is 4.98 Å². The monoisotopic (exact) mass is 493 g/mol. The average Bonchev–Trinajstić information content (AvgIpc) is 2.91. The number of aliphatic hydroxyl groups excluding tert-OH is 1. The molecule has 4 aromatic rings. The zero-order valence-electron chi connectivity index (χ0n) is 21.5. The van der Waals surface area contributed by atoms with Crippen molar-refractivity contribution in [3.05, 3.63) is 89.5 Å². The number of hydrogen-bond acceptors (Lipinski definition) is 5. The molecule has 0 saturated carbocycles. The molecule has 0 bridgehead atoms. The molecule has 0 aliphatic rings. The molecule has 0 amide bonds. The minimum Gasteiger partial charge on any atom is -0.393 e. The van der Waals surface area contributed by atoms with Crippen LogP contribution in [0.4, 0.5) is 0 Å².